The number of ether oxygens (including phenoxy) is 1. The Morgan fingerprint density at radius 3 is 2.45 bits per heavy atom. The molecule has 1 saturated heterocycles. The van der Waals surface area contributed by atoms with Gasteiger partial charge in [-0.2, -0.15) is 13.2 Å². The van der Waals surface area contributed by atoms with Gasteiger partial charge in [0.1, 0.15) is 17.6 Å². The topological polar surface area (TPSA) is 92.3 Å². The number of hydrogen-bond acceptors (Lipinski definition) is 6. The van der Waals surface area contributed by atoms with Gasteiger partial charge in [-0.1, -0.05) is 13.0 Å². The second-order valence-electron chi connectivity index (χ2n) is 8.58. The number of pyridine rings is 1. The van der Waals surface area contributed by atoms with Gasteiger partial charge < -0.3 is 20.3 Å². The van der Waals surface area contributed by atoms with Crippen molar-refractivity contribution < 1.29 is 22.7 Å². The van der Waals surface area contributed by atoms with Gasteiger partial charge in [-0.3, -0.25) is 0 Å². The van der Waals surface area contributed by atoms with E-state index in [0.717, 1.165) is 38.2 Å². The summed E-state index contributed by atoms with van der Waals surface area (Å²) < 4.78 is 45.3. The van der Waals surface area contributed by atoms with Crippen molar-refractivity contribution in [3.05, 3.63) is 35.8 Å². The highest BCUT2D eigenvalue weighted by molar-refractivity contribution is 5.88. The Labute approximate surface area is 190 Å². The molecule has 33 heavy (non-hydrogen) atoms. The fourth-order valence-electron chi connectivity index (χ4n) is 3.70. The van der Waals surface area contributed by atoms with Gasteiger partial charge in [-0.25, -0.2) is 19.7 Å². The maximum Gasteiger partial charge on any atom is 0.433 e. The van der Waals surface area contributed by atoms with Crippen molar-refractivity contribution in [1.29, 1.82) is 0 Å². The number of nitrogens with zero attached hydrogens (tertiary/aromatic N) is 4. The first-order chi connectivity index (χ1) is 15.8. The third-order valence-electron chi connectivity index (χ3n) is 5.98. The van der Waals surface area contributed by atoms with E-state index in [1.54, 1.807) is 0 Å². The van der Waals surface area contributed by atoms with Gasteiger partial charge >= 0.3 is 18.2 Å². The van der Waals surface area contributed by atoms with E-state index in [-0.39, 0.29) is 24.5 Å². The molecule has 8 nitrogen and oxygen atoms in total. The van der Waals surface area contributed by atoms with E-state index in [4.69, 9.17) is 4.74 Å². The van der Waals surface area contributed by atoms with Crippen molar-refractivity contribution >= 4 is 17.5 Å². The van der Waals surface area contributed by atoms with Crippen LogP contribution in [0.5, 0.6) is 6.01 Å². The molecule has 2 aromatic rings. The molecule has 0 bridgehead atoms. The number of carbonyl (C=O) groups excluding carboxylic acids is 1. The van der Waals surface area contributed by atoms with E-state index < -0.39 is 17.9 Å². The lowest BCUT2D eigenvalue weighted by Gasteiger charge is -2.33. The number of carbonyl (C=O) groups is 1. The smallest absolute Gasteiger partial charge is 0.433 e. The van der Waals surface area contributed by atoms with Crippen molar-refractivity contribution in [3.8, 4) is 6.01 Å². The molecule has 178 valence electrons. The molecule has 3 heterocycles. The molecule has 0 aromatic carbocycles. The third-order valence-corrected chi connectivity index (χ3v) is 5.98. The van der Waals surface area contributed by atoms with Gasteiger partial charge in [-0.15, -0.1) is 0 Å². The Bertz CT molecular complexity index is 958. The highest BCUT2D eigenvalue weighted by atomic mass is 19.4. The molecular weight excluding hydrogens is 437 g/mol. The summed E-state index contributed by atoms with van der Waals surface area (Å²) in [6.45, 7) is 3.41. The zero-order chi connectivity index (χ0) is 23.4. The molecule has 1 aliphatic heterocycles. The molecule has 2 N–H and O–H groups in total. The van der Waals surface area contributed by atoms with Gasteiger partial charge in [0.15, 0.2) is 0 Å². The number of amides is 2. The molecule has 1 saturated carbocycles. The highest BCUT2D eigenvalue weighted by Crippen LogP contribution is 2.32. The predicted octanol–water partition coefficient (Wildman–Crippen LogP) is 4.38. The zero-order valence-electron chi connectivity index (χ0n) is 18.4. The van der Waals surface area contributed by atoms with Crippen LogP contribution in [0.3, 0.4) is 0 Å². The summed E-state index contributed by atoms with van der Waals surface area (Å²) >= 11 is 0. The van der Waals surface area contributed by atoms with Crippen molar-refractivity contribution in [3.63, 3.8) is 0 Å². The average Bonchev–Trinajstić information content (AvgIpc) is 2.76. The van der Waals surface area contributed by atoms with Gasteiger partial charge in [0.05, 0.1) is 18.1 Å². The first-order valence-electron chi connectivity index (χ1n) is 11.1. The van der Waals surface area contributed by atoms with Crippen LogP contribution < -0.4 is 20.3 Å². The number of nitrogens with one attached hydrogen (secondary N) is 2. The van der Waals surface area contributed by atoms with E-state index in [1.807, 2.05) is 4.90 Å². The van der Waals surface area contributed by atoms with Crippen LogP contribution >= 0.6 is 0 Å². The summed E-state index contributed by atoms with van der Waals surface area (Å²) in [6.07, 6.45) is 3.39. The van der Waals surface area contributed by atoms with Crippen LogP contribution in [0.15, 0.2) is 24.5 Å². The summed E-state index contributed by atoms with van der Waals surface area (Å²) in [4.78, 5) is 26.3. The van der Waals surface area contributed by atoms with Crippen LogP contribution in [0.1, 0.15) is 50.3 Å². The van der Waals surface area contributed by atoms with Crippen LogP contribution in [0, 0.1) is 5.92 Å². The zero-order valence-corrected chi connectivity index (χ0v) is 18.4. The molecule has 2 aliphatic rings. The summed E-state index contributed by atoms with van der Waals surface area (Å²) in [6, 6.07) is 2.06. The van der Waals surface area contributed by atoms with E-state index in [0.29, 0.717) is 30.3 Å². The molecule has 0 atom stereocenters. The third kappa shape index (κ3) is 6.02. The predicted molar refractivity (Wildman–Crippen MR) is 116 cm³/mol. The van der Waals surface area contributed by atoms with Crippen LogP contribution in [-0.2, 0) is 12.7 Å². The second-order valence-corrected chi connectivity index (χ2v) is 8.58. The normalized spacial score (nSPS) is 17.4. The van der Waals surface area contributed by atoms with Crippen molar-refractivity contribution in [2.24, 2.45) is 5.92 Å². The largest absolute Gasteiger partial charge is 0.460 e. The van der Waals surface area contributed by atoms with Gasteiger partial charge in [0, 0.05) is 25.2 Å². The van der Waals surface area contributed by atoms with Crippen LogP contribution in [0.25, 0.3) is 0 Å². The van der Waals surface area contributed by atoms with E-state index in [9.17, 15) is 18.0 Å². The number of piperidine rings is 1. The molecule has 2 fully saturated rings. The fraction of sp³-hybridized carbons (Fsp3) is 0.545. The lowest BCUT2D eigenvalue weighted by molar-refractivity contribution is -0.141. The van der Waals surface area contributed by atoms with Crippen LogP contribution in [0.4, 0.5) is 29.5 Å². The first-order valence-corrected chi connectivity index (χ1v) is 11.1. The Hall–Kier alpha value is -3.11. The second kappa shape index (κ2) is 9.80. The Morgan fingerprint density at radius 2 is 1.85 bits per heavy atom. The molecule has 2 aromatic heterocycles. The van der Waals surface area contributed by atoms with E-state index in [1.165, 1.54) is 18.5 Å². The Morgan fingerprint density at radius 1 is 1.15 bits per heavy atom. The minimum absolute atomic E-state index is 0.0299. The van der Waals surface area contributed by atoms with Crippen molar-refractivity contribution in [1.82, 2.24) is 20.3 Å². The minimum atomic E-state index is -4.53. The monoisotopic (exact) mass is 464 g/mol. The maximum atomic E-state index is 13.2. The average molecular weight is 464 g/mol. The van der Waals surface area contributed by atoms with Crippen LogP contribution in [0.2, 0.25) is 0 Å². The SMILES string of the molecule is CC1CCN(c2nc(C(F)(F)F)ccc2CNC(=O)Nc2cnc(OC3CCC3)nc2)CC1. The maximum absolute atomic E-state index is 13.2. The Kier molecular flexibility index (Phi) is 6.85. The lowest BCUT2D eigenvalue weighted by atomic mass is 9.96. The van der Waals surface area contributed by atoms with Gasteiger partial charge in [-0.05, 0) is 44.1 Å². The molecular formula is C22H27F3N6O2. The lowest BCUT2D eigenvalue weighted by Crippen LogP contribution is -2.35. The standard InChI is InChI=1S/C22H27F3N6O2/c1-14-7-9-31(10-8-14)19-15(5-6-18(30-19)22(23,24)25)11-26-20(32)29-16-12-27-21(28-13-16)33-17-3-2-4-17/h5-6,12-14,17H,2-4,7-11H2,1H3,(H2,26,29,32). The van der Waals surface area contributed by atoms with Crippen molar-refractivity contribution in [2.75, 3.05) is 23.3 Å². The number of anilines is 2. The molecule has 4 rings (SSSR count). The molecule has 0 radical (unpaired) electrons. The molecule has 11 heteroatoms. The number of rotatable bonds is 6. The number of halogens is 3. The summed E-state index contributed by atoms with van der Waals surface area (Å²) in [5, 5.41) is 5.29. The number of alkyl halides is 3. The molecule has 0 spiro atoms. The minimum Gasteiger partial charge on any atom is -0.460 e. The van der Waals surface area contributed by atoms with Crippen LogP contribution in [-0.4, -0.2) is 40.2 Å². The number of hydrogen-bond donors (Lipinski definition) is 2. The van der Waals surface area contributed by atoms with Crippen molar-refractivity contribution in [2.45, 2.75) is 57.9 Å². The molecule has 2 amide bonds. The highest BCUT2D eigenvalue weighted by Gasteiger charge is 2.34. The van der Waals surface area contributed by atoms with E-state index >= 15 is 0 Å². The van der Waals surface area contributed by atoms with Gasteiger partial charge in [0.2, 0.25) is 0 Å². The molecule has 1 aliphatic carbocycles. The summed E-state index contributed by atoms with van der Waals surface area (Å²) in [5.74, 6) is 0.782. The summed E-state index contributed by atoms with van der Waals surface area (Å²) in [7, 11) is 0. The first kappa shape index (κ1) is 23.1. The molecule has 0 unspecified atom stereocenters. The van der Waals surface area contributed by atoms with E-state index in [2.05, 4.69) is 32.5 Å². The quantitative estimate of drug-likeness (QED) is 0.659. The Balaban J connectivity index is 1.38. The number of urea groups is 1. The van der Waals surface area contributed by atoms with Gasteiger partial charge in [0.25, 0.3) is 0 Å². The number of aromatic nitrogens is 3. The summed E-state index contributed by atoms with van der Waals surface area (Å²) in [5.41, 5.74) is -0.0388. The fourth-order valence-corrected chi connectivity index (χ4v) is 3.70.